The van der Waals surface area contributed by atoms with Crippen molar-refractivity contribution in [3.05, 3.63) is 24.2 Å². The van der Waals surface area contributed by atoms with Crippen LogP contribution in [0, 0.1) is 5.92 Å². The van der Waals surface area contributed by atoms with Gasteiger partial charge in [0.05, 0.1) is 12.5 Å². The molecule has 1 fully saturated rings. The summed E-state index contributed by atoms with van der Waals surface area (Å²) in [6, 6.07) is 2.23. The van der Waals surface area contributed by atoms with Crippen molar-refractivity contribution in [2.45, 2.75) is 31.7 Å². The zero-order valence-corrected chi connectivity index (χ0v) is 7.70. The molecule has 0 spiro atoms. The Balaban J connectivity index is 1.85. The third kappa shape index (κ3) is 2.32. The molecule has 1 heterocycles. The van der Waals surface area contributed by atoms with E-state index in [2.05, 4.69) is 5.43 Å². The summed E-state index contributed by atoms with van der Waals surface area (Å²) < 4.78 is 5.02. The van der Waals surface area contributed by atoms with Crippen LogP contribution in [-0.4, -0.2) is 0 Å². The number of nitrogens with two attached hydrogens (primary N) is 1. The van der Waals surface area contributed by atoms with E-state index in [-0.39, 0.29) is 6.04 Å². The SMILES string of the molecule is NNC(CCC1CC1)c1ccoc1. The quantitative estimate of drug-likeness (QED) is 0.538. The van der Waals surface area contributed by atoms with E-state index in [0.717, 1.165) is 17.9 Å². The molecule has 13 heavy (non-hydrogen) atoms. The topological polar surface area (TPSA) is 51.2 Å². The smallest absolute Gasteiger partial charge is 0.0950 e. The van der Waals surface area contributed by atoms with Crippen molar-refractivity contribution in [1.29, 1.82) is 0 Å². The second-order valence-electron chi connectivity index (χ2n) is 3.80. The molecule has 0 aromatic carbocycles. The Hall–Kier alpha value is -0.800. The highest BCUT2D eigenvalue weighted by atomic mass is 16.3. The molecule has 0 amide bonds. The third-order valence-electron chi connectivity index (χ3n) is 2.71. The van der Waals surface area contributed by atoms with Crippen LogP contribution in [0.4, 0.5) is 0 Å². The average Bonchev–Trinajstić information content (AvgIpc) is 2.81. The first-order valence-corrected chi connectivity index (χ1v) is 4.88. The Morgan fingerprint density at radius 2 is 2.46 bits per heavy atom. The number of hydrogen-bond donors (Lipinski definition) is 2. The first-order chi connectivity index (χ1) is 6.40. The van der Waals surface area contributed by atoms with Crippen LogP contribution in [0.5, 0.6) is 0 Å². The van der Waals surface area contributed by atoms with Gasteiger partial charge in [0.25, 0.3) is 0 Å². The number of hydrogen-bond acceptors (Lipinski definition) is 3. The maximum atomic E-state index is 5.48. The van der Waals surface area contributed by atoms with Crippen molar-refractivity contribution in [1.82, 2.24) is 5.43 Å². The molecule has 0 aliphatic heterocycles. The molecule has 1 aliphatic carbocycles. The van der Waals surface area contributed by atoms with Crippen molar-refractivity contribution in [3.8, 4) is 0 Å². The Morgan fingerprint density at radius 3 is 3.00 bits per heavy atom. The van der Waals surface area contributed by atoms with Gasteiger partial charge in [0.1, 0.15) is 0 Å². The lowest BCUT2D eigenvalue weighted by Crippen LogP contribution is -2.27. The van der Waals surface area contributed by atoms with Crippen LogP contribution in [0.2, 0.25) is 0 Å². The van der Waals surface area contributed by atoms with Gasteiger partial charge in [-0.3, -0.25) is 11.3 Å². The second-order valence-corrected chi connectivity index (χ2v) is 3.80. The van der Waals surface area contributed by atoms with Crippen LogP contribution in [0.3, 0.4) is 0 Å². The monoisotopic (exact) mass is 180 g/mol. The van der Waals surface area contributed by atoms with Crippen LogP contribution >= 0.6 is 0 Å². The Morgan fingerprint density at radius 1 is 1.62 bits per heavy atom. The maximum absolute atomic E-state index is 5.48. The predicted octanol–water partition coefficient (Wildman–Crippen LogP) is 1.97. The van der Waals surface area contributed by atoms with Crippen LogP contribution in [0.1, 0.15) is 37.3 Å². The lowest BCUT2D eigenvalue weighted by molar-refractivity contribution is 0.473. The molecule has 2 rings (SSSR count). The zero-order valence-electron chi connectivity index (χ0n) is 7.70. The van der Waals surface area contributed by atoms with E-state index < -0.39 is 0 Å². The highest BCUT2D eigenvalue weighted by Gasteiger charge is 2.22. The van der Waals surface area contributed by atoms with Gasteiger partial charge in [-0.2, -0.15) is 0 Å². The summed E-state index contributed by atoms with van der Waals surface area (Å²) in [7, 11) is 0. The van der Waals surface area contributed by atoms with E-state index in [9.17, 15) is 0 Å². The predicted molar refractivity (Wildman–Crippen MR) is 50.7 cm³/mol. The minimum Gasteiger partial charge on any atom is -0.472 e. The number of rotatable bonds is 5. The molecule has 1 aliphatic rings. The van der Waals surface area contributed by atoms with Crippen molar-refractivity contribution in [3.63, 3.8) is 0 Å². The summed E-state index contributed by atoms with van der Waals surface area (Å²) in [5.41, 5.74) is 3.98. The summed E-state index contributed by atoms with van der Waals surface area (Å²) in [6.07, 6.45) is 8.65. The van der Waals surface area contributed by atoms with Crippen molar-refractivity contribution < 1.29 is 4.42 Å². The van der Waals surface area contributed by atoms with Gasteiger partial charge in [-0.25, -0.2) is 0 Å². The van der Waals surface area contributed by atoms with Gasteiger partial charge in [0.2, 0.25) is 0 Å². The Kier molecular flexibility index (Phi) is 2.66. The van der Waals surface area contributed by atoms with Gasteiger partial charge < -0.3 is 4.42 Å². The minimum absolute atomic E-state index is 0.263. The molecule has 3 N–H and O–H groups in total. The number of hydrazine groups is 1. The standard InChI is InChI=1S/C10H16N2O/c11-12-10(4-3-8-1-2-8)9-5-6-13-7-9/h5-8,10,12H,1-4,11H2. The van der Waals surface area contributed by atoms with Crippen molar-refractivity contribution in [2.24, 2.45) is 11.8 Å². The molecule has 0 radical (unpaired) electrons. The molecule has 1 aromatic rings. The number of nitrogens with one attached hydrogen (secondary N) is 1. The highest BCUT2D eigenvalue weighted by Crippen LogP contribution is 2.35. The Bertz CT molecular complexity index is 241. The maximum Gasteiger partial charge on any atom is 0.0950 e. The van der Waals surface area contributed by atoms with Gasteiger partial charge in [0, 0.05) is 11.6 Å². The summed E-state index contributed by atoms with van der Waals surface area (Å²) >= 11 is 0. The summed E-state index contributed by atoms with van der Waals surface area (Å²) in [5, 5.41) is 0. The summed E-state index contributed by atoms with van der Waals surface area (Å²) in [4.78, 5) is 0. The van der Waals surface area contributed by atoms with Crippen LogP contribution < -0.4 is 11.3 Å². The molecule has 0 bridgehead atoms. The molecule has 1 unspecified atom stereocenters. The number of furan rings is 1. The minimum atomic E-state index is 0.263. The largest absolute Gasteiger partial charge is 0.472 e. The average molecular weight is 180 g/mol. The molecular formula is C10H16N2O. The molecular weight excluding hydrogens is 164 g/mol. The molecule has 1 atom stereocenters. The fraction of sp³-hybridized carbons (Fsp3) is 0.600. The van der Waals surface area contributed by atoms with Gasteiger partial charge >= 0.3 is 0 Å². The summed E-state index contributed by atoms with van der Waals surface area (Å²) in [6.45, 7) is 0. The van der Waals surface area contributed by atoms with Gasteiger partial charge in [-0.1, -0.05) is 12.8 Å². The zero-order chi connectivity index (χ0) is 9.10. The molecule has 0 saturated heterocycles. The molecule has 3 heteroatoms. The molecule has 72 valence electrons. The molecule has 1 aromatic heterocycles. The van der Waals surface area contributed by atoms with E-state index in [1.54, 1.807) is 12.5 Å². The van der Waals surface area contributed by atoms with E-state index in [4.69, 9.17) is 10.3 Å². The van der Waals surface area contributed by atoms with E-state index in [0.29, 0.717) is 0 Å². The second kappa shape index (κ2) is 3.94. The van der Waals surface area contributed by atoms with Gasteiger partial charge in [-0.15, -0.1) is 0 Å². The lowest BCUT2D eigenvalue weighted by Gasteiger charge is -2.12. The molecule has 3 nitrogen and oxygen atoms in total. The fourth-order valence-corrected chi connectivity index (χ4v) is 1.63. The first kappa shape index (κ1) is 8.78. The van der Waals surface area contributed by atoms with Crippen molar-refractivity contribution >= 4 is 0 Å². The highest BCUT2D eigenvalue weighted by molar-refractivity contribution is 5.11. The normalized spacial score (nSPS) is 18.8. The first-order valence-electron chi connectivity index (χ1n) is 4.88. The van der Waals surface area contributed by atoms with Crippen LogP contribution in [0.25, 0.3) is 0 Å². The fourth-order valence-electron chi connectivity index (χ4n) is 1.63. The van der Waals surface area contributed by atoms with Crippen molar-refractivity contribution in [2.75, 3.05) is 0 Å². The van der Waals surface area contributed by atoms with Gasteiger partial charge in [0.15, 0.2) is 0 Å². The van der Waals surface area contributed by atoms with Crippen LogP contribution in [-0.2, 0) is 0 Å². The van der Waals surface area contributed by atoms with Gasteiger partial charge in [-0.05, 0) is 24.8 Å². The lowest BCUT2D eigenvalue weighted by atomic mass is 10.0. The third-order valence-corrected chi connectivity index (χ3v) is 2.71. The Labute approximate surface area is 78.3 Å². The summed E-state index contributed by atoms with van der Waals surface area (Å²) in [5.74, 6) is 6.44. The van der Waals surface area contributed by atoms with E-state index in [1.165, 1.54) is 19.3 Å². The van der Waals surface area contributed by atoms with Crippen LogP contribution in [0.15, 0.2) is 23.0 Å². The van der Waals surface area contributed by atoms with E-state index in [1.807, 2.05) is 6.07 Å². The molecule has 1 saturated carbocycles. The van der Waals surface area contributed by atoms with E-state index >= 15 is 0 Å².